The molecule has 9 heteroatoms. The topological polar surface area (TPSA) is 88.1 Å². The number of carbonyl (C=O) groups is 1. The summed E-state index contributed by atoms with van der Waals surface area (Å²) in [6.45, 7) is -0.119. The first kappa shape index (κ1) is 20.0. The van der Waals surface area contributed by atoms with Crippen LogP contribution in [0, 0.1) is 5.82 Å². The Morgan fingerprint density at radius 1 is 1.21 bits per heavy atom. The summed E-state index contributed by atoms with van der Waals surface area (Å²) in [7, 11) is -1.93. The van der Waals surface area contributed by atoms with Crippen LogP contribution in [-0.2, 0) is 19.6 Å². The molecule has 7 nitrogen and oxygen atoms in total. The van der Waals surface area contributed by atoms with E-state index in [4.69, 9.17) is 4.74 Å². The van der Waals surface area contributed by atoms with Gasteiger partial charge in [-0.25, -0.2) is 17.8 Å². The highest BCUT2D eigenvalue weighted by Gasteiger charge is 2.32. The molecular weight excluding hydrogens is 385 g/mol. The molecule has 1 N–H and O–H groups in total. The lowest BCUT2D eigenvalue weighted by Crippen LogP contribution is -2.30. The van der Waals surface area contributed by atoms with Gasteiger partial charge in [0.1, 0.15) is 12.4 Å². The third-order valence-electron chi connectivity index (χ3n) is 4.21. The predicted octanol–water partition coefficient (Wildman–Crippen LogP) is 2.52. The molecule has 1 aliphatic rings. The fourth-order valence-electron chi connectivity index (χ4n) is 2.99. The molecule has 1 aliphatic heterocycles. The van der Waals surface area contributed by atoms with E-state index in [1.165, 1.54) is 24.3 Å². The predicted molar refractivity (Wildman–Crippen MR) is 104 cm³/mol. The largest absolute Gasteiger partial charge is 0.375 e. The Bertz CT molecular complexity index is 989. The molecule has 0 saturated heterocycles. The van der Waals surface area contributed by atoms with Crippen molar-refractivity contribution in [3.63, 3.8) is 0 Å². The summed E-state index contributed by atoms with van der Waals surface area (Å²) in [6, 6.07) is 12.3. The number of methoxy groups -OCH3 is 1. The number of nitrogens with zero attached hydrogens (tertiary/aromatic N) is 2. The second-order valence-electron chi connectivity index (χ2n) is 6.44. The summed E-state index contributed by atoms with van der Waals surface area (Å²) < 4.78 is 43.3. The van der Waals surface area contributed by atoms with Gasteiger partial charge in [0.15, 0.2) is 0 Å². The lowest BCUT2D eigenvalue weighted by atomic mass is 9.98. The van der Waals surface area contributed by atoms with Gasteiger partial charge in [0.25, 0.3) is 5.91 Å². The Balaban J connectivity index is 1.87. The van der Waals surface area contributed by atoms with Crippen molar-refractivity contribution in [1.29, 1.82) is 0 Å². The van der Waals surface area contributed by atoms with Crippen LogP contribution in [0.25, 0.3) is 0 Å². The molecular formula is C19H20FN3O4S. The maximum atomic E-state index is 13.3. The first-order valence-corrected chi connectivity index (χ1v) is 10.4. The summed E-state index contributed by atoms with van der Waals surface area (Å²) in [5.41, 5.74) is 2.63. The van der Waals surface area contributed by atoms with E-state index in [0.29, 0.717) is 17.8 Å². The van der Waals surface area contributed by atoms with E-state index in [9.17, 15) is 17.6 Å². The van der Waals surface area contributed by atoms with Gasteiger partial charge in [0, 0.05) is 19.2 Å². The summed E-state index contributed by atoms with van der Waals surface area (Å²) in [5.74, 6) is -0.659. The van der Waals surface area contributed by atoms with Crippen molar-refractivity contribution in [2.75, 3.05) is 24.7 Å². The van der Waals surface area contributed by atoms with Gasteiger partial charge in [-0.1, -0.05) is 24.3 Å². The molecule has 1 heterocycles. The van der Waals surface area contributed by atoms with E-state index < -0.39 is 10.0 Å². The molecule has 0 unspecified atom stereocenters. The SMILES string of the molecule is COCC(=O)N1N=C(c2ccc(NS(C)(=O)=O)cc2)C[C@@H]1c1ccc(F)cc1. The molecule has 0 saturated carbocycles. The van der Waals surface area contributed by atoms with E-state index in [1.54, 1.807) is 36.4 Å². The average molecular weight is 405 g/mol. The number of carbonyl (C=O) groups excluding carboxylic acids is 1. The Morgan fingerprint density at radius 2 is 1.86 bits per heavy atom. The highest BCUT2D eigenvalue weighted by atomic mass is 32.2. The summed E-state index contributed by atoms with van der Waals surface area (Å²) >= 11 is 0. The lowest BCUT2D eigenvalue weighted by molar-refractivity contribution is -0.137. The molecule has 148 valence electrons. The van der Waals surface area contributed by atoms with Gasteiger partial charge in [-0.15, -0.1) is 0 Å². The van der Waals surface area contributed by atoms with Crippen molar-refractivity contribution in [1.82, 2.24) is 5.01 Å². The maximum Gasteiger partial charge on any atom is 0.269 e. The lowest BCUT2D eigenvalue weighted by Gasteiger charge is -2.21. The number of sulfonamides is 1. The van der Waals surface area contributed by atoms with Gasteiger partial charge in [-0.05, 0) is 35.4 Å². The number of hydrogen-bond donors (Lipinski definition) is 1. The third kappa shape index (κ3) is 4.73. The highest BCUT2D eigenvalue weighted by molar-refractivity contribution is 7.92. The van der Waals surface area contributed by atoms with Crippen molar-refractivity contribution in [2.45, 2.75) is 12.5 Å². The van der Waals surface area contributed by atoms with Crippen LogP contribution >= 0.6 is 0 Å². The second-order valence-corrected chi connectivity index (χ2v) is 8.19. The summed E-state index contributed by atoms with van der Waals surface area (Å²) in [4.78, 5) is 12.4. The first-order chi connectivity index (χ1) is 13.3. The number of halogens is 1. The van der Waals surface area contributed by atoms with Crippen LogP contribution in [0.1, 0.15) is 23.6 Å². The van der Waals surface area contributed by atoms with Gasteiger partial charge < -0.3 is 4.74 Å². The molecule has 0 radical (unpaired) electrons. The van der Waals surface area contributed by atoms with Crippen LogP contribution < -0.4 is 4.72 Å². The van der Waals surface area contributed by atoms with E-state index in [1.807, 2.05) is 0 Å². The Morgan fingerprint density at radius 3 is 2.43 bits per heavy atom. The number of rotatable bonds is 6. The third-order valence-corrected chi connectivity index (χ3v) is 4.82. The normalized spacial score (nSPS) is 16.8. The average Bonchev–Trinajstić information content (AvgIpc) is 3.07. The zero-order valence-corrected chi connectivity index (χ0v) is 16.2. The second kappa shape index (κ2) is 8.07. The van der Waals surface area contributed by atoms with Crippen molar-refractivity contribution < 1.29 is 22.3 Å². The number of nitrogens with one attached hydrogen (secondary N) is 1. The molecule has 3 rings (SSSR count). The minimum atomic E-state index is -3.36. The Kier molecular flexibility index (Phi) is 5.76. The molecule has 0 aliphatic carbocycles. The van der Waals surface area contributed by atoms with Crippen LogP contribution in [-0.4, -0.2) is 45.0 Å². The van der Waals surface area contributed by atoms with E-state index >= 15 is 0 Å². The number of hydrazone groups is 1. The van der Waals surface area contributed by atoms with Crippen molar-refractivity contribution in [3.05, 3.63) is 65.5 Å². The molecule has 2 aromatic carbocycles. The molecule has 2 aromatic rings. The van der Waals surface area contributed by atoms with Crippen molar-refractivity contribution >= 4 is 27.3 Å². The zero-order valence-electron chi connectivity index (χ0n) is 15.4. The molecule has 0 spiro atoms. The molecule has 0 fully saturated rings. The smallest absolute Gasteiger partial charge is 0.269 e. The van der Waals surface area contributed by atoms with Gasteiger partial charge >= 0.3 is 0 Å². The van der Waals surface area contributed by atoms with Gasteiger partial charge in [0.05, 0.1) is 18.0 Å². The Hall–Kier alpha value is -2.78. The minimum absolute atomic E-state index is 0.119. The summed E-state index contributed by atoms with van der Waals surface area (Å²) in [6.07, 6.45) is 1.52. The molecule has 0 bridgehead atoms. The number of anilines is 1. The minimum Gasteiger partial charge on any atom is -0.375 e. The van der Waals surface area contributed by atoms with Gasteiger partial charge in [-0.3, -0.25) is 9.52 Å². The fraction of sp³-hybridized carbons (Fsp3) is 0.263. The zero-order chi connectivity index (χ0) is 20.3. The van der Waals surface area contributed by atoms with Crippen molar-refractivity contribution in [3.8, 4) is 0 Å². The standard InChI is InChI=1S/C19H20FN3O4S/c1-27-12-19(24)23-18(14-3-7-15(20)8-4-14)11-17(21-23)13-5-9-16(10-6-13)22-28(2,25)26/h3-10,18,22H,11-12H2,1-2H3/t18-/m1/s1. The van der Waals surface area contributed by atoms with Crippen molar-refractivity contribution in [2.24, 2.45) is 5.10 Å². The van der Waals surface area contributed by atoms with E-state index in [2.05, 4.69) is 9.82 Å². The molecule has 1 atom stereocenters. The molecule has 0 aromatic heterocycles. The first-order valence-electron chi connectivity index (χ1n) is 8.49. The monoisotopic (exact) mass is 405 g/mol. The highest BCUT2D eigenvalue weighted by Crippen LogP contribution is 2.33. The van der Waals surface area contributed by atoms with E-state index in [-0.39, 0.29) is 24.4 Å². The van der Waals surface area contributed by atoms with Crippen LogP contribution in [0.3, 0.4) is 0 Å². The van der Waals surface area contributed by atoms with Crippen LogP contribution in [0.5, 0.6) is 0 Å². The molecule has 28 heavy (non-hydrogen) atoms. The van der Waals surface area contributed by atoms with E-state index in [0.717, 1.165) is 17.4 Å². The van der Waals surface area contributed by atoms with Crippen LogP contribution in [0.4, 0.5) is 10.1 Å². The Labute approximate surface area is 162 Å². The number of amides is 1. The summed E-state index contributed by atoms with van der Waals surface area (Å²) in [5, 5.41) is 5.81. The molecule has 1 amide bonds. The van der Waals surface area contributed by atoms with Gasteiger partial charge in [-0.2, -0.15) is 5.10 Å². The van der Waals surface area contributed by atoms with Crippen LogP contribution in [0.15, 0.2) is 53.6 Å². The quantitative estimate of drug-likeness (QED) is 0.800. The van der Waals surface area contributed by atoms with Gasteiger partial charge in [0.2, 0.25) is 10.0 Å². The number of hydrogen-bond acceptors (Lipinski definition) is 5. The fourth-order valence-corrected chi connectivity index (χ4v) is 3.56. The van der Waals surface area contributed by atoms with Crippen LogP contribution in [0.2, 0.25) is 0 Å². The number of ether oxygens (including phenoxy) is 1. The number of benzene rings is 2. The maximum absolute atomic E-state index is 13.3.